The van der Waals surface area contributed by atoms with E-state index in [0.717, 1.165) is 59.0 Å². The Kier molecular flexibility index (Phi) is 8.78. The second-order valence-corrected chi connectivity index (χ2v) is 15.0. The molecule has 54 heavy (non-hydrogen) atoms. The van der Waals surface area contributed by atoms with Gasteiger partial charge in [-0.3, -0.25) is 9.59 Å². The highest BCUT2D eigenvalue weighted by Gasteiger charge is 2.38. The second kappa shape index (κ2) is 14.0. The third-order valence-corrected chi connectivity index (χ3v) is 11.6. The predicted octanol–water partition coefficient (Wildman–Crippen LogP) is 9.16. The van der Waals surface area contributed by atoms with Crippen LogP contribution in [0.3, 0.4) is 0 Å². The molecule has 7 nitrogen and oxygen atoms in total. The quantitative estimate of drug-likeness (QED) is 0.130. The molecule has 7 heteroatoms. The van der Waals surface area contributed by atoms with Gasteiger partial charge in [-0.25, -0.2) is 0 Å². The van der Waals surface area contributed by atoms with E-state index in [9.17, 15) is 14.7 Å². The molecule has 0 bridgehead atoms. The number of hydrogen-bond acceptors (Lipinski definition) is 4. The number of rotatable bonds is 9. The molecule has 1 aliphatic carbocycles. The third-order valence-electron chi connectivity index (χ3n) is 11.6. The number of phenolic OH excluding ortho intramolecular Hbond substituents is 1. The van der Waals surface area contributed by atoms with Gasteiger partial charge in [-0.2, -0.15) is 0 Å². The number of carbonyl (C=O) groups is 2. The van der Waals surface area contributed by atoms with Crippen molar-refractivity contribution >= 4 is 22.7 Å². The van der Waals surface area contributed by atoms with Gasteiger partial charge >= 0.3 is 0 Å². The summed E-state index contributed by atoms with van der Waals surface area (Å²) in [4.78, 5) is 31.1. The molecule has 2 aliphatic heterocycles. The van der Waals surface area contributed by atoms with Gasteiger partial charge in [-0.15, -0.1) is 0 Å². The van der Waals surface area contributed by atoms with Gasteiger partial charge in [0.25, 0.3) is 5.91 Å². The topological polar surface area (TPSA) is 94.7 Å². The second-order valence-electron chi connectivity index (χ2n) is 15.0. The third kappa shape index (κ3) is 6.44. The first kappa shape index (κ1) is 33.7. The maximum Gasteiger partial charge on any atom is 0.255 e. The van der Waals surface area contributed by atoms with Gasteiger partial charge in [0.05, 0.1) is 6.61 Å². The zero-order valence-corrected chi connectivity index (χ0v) is 30.2. The lowest BCUT2D eigenvalue weighted by molar-refractivity contribution is -0.126. The highest BCUT2D eigenvalue weighted by atomic mass is 16.5. The fourth-order valence-electron chi connectivity index (χ4n) is 8.84. The smallest absolute Gasteiger partial charge is 0.255 e. The molecule has 5 aromatic carbocycles. The van der Waals surface area contributed by atoms with Crippen LogP contribution in [0, 0.1) is 0 Å². The van der Waals surface area contributed by atoms with Crippen molar-refractivity contribution in [3.8, 4) is 22.6 Å². The number of carbonyl (C=O) groups excluding carboxylic acids is 2. The van der Waals surface area contributed by atoms with Crippen LogP contribution >= 0.6 is 0 Å². The minimum absolute atomic E-state index is 0.0823. The minimum atomic E-state index is -0.463. The number of nitrogens with zero attached hydrogens (tertiary/aromatic N) is 1. The van der Waals surface area contributed by atoms with E-state index in [2.05, 4.69) is 108 Å². The Morgan fingerprint density at radius 1 is 0.796 bits per heavy atom. The monoisotopic (exact) mass is 713 g/mol. The summed E-state index contributed by atoms with van der Waals surface area (Å²) in [6, 6.07) is 39.4. The van der Waals surface area contributed by atoms with Crippen molar-refractivity contribution < 1.29 is 19.4 Å². The van der Waals surface area contributed by atoms with Crippen molar-refractivity contribution in [2.45, 2.75) is 62.9 Å². The normalized spacial score (nSPS) is 19.4. The Hall–Kier alpha value is -6.08. The Morgan fingerprint density at radius 3 is 2.44 bits per heavy atom. The molecule has 3 heterocycles. The number of aromatic hydroxyl groups is 1. The van der Waals surface area contributed by atoms with Gasteiger partial charge in [0.2, 0.25) is 5.91 Å². The Balaban J connectivity index is 0.833. The van der Waals surface area contributed by atoms with Crippen molar-refractivity contribution in [1.82, 2.24) is 15.2 Å². The molecule has 3 N–H and O–H groups in total. The summed E-state index contributed by atoms with van der Waals surface area (Å²) in [5.74, 6) is 1.54. The average Bonchev–Trinajstić information content (AvgIpc) is 3.75. The van der Waals surface area contributed by atoms with Crippen molar-refractivity contribution in [2.75, 3.05) is 6.61 Å². The number of piperidine rings is 1. The minimum Gasteiger partial charge on any atom is -0.508 e. The number of phenols is 1. The molecule has 3 atom stereocenters. The molecular formula is C47H43N3O4. The summed E-state index contributed by atoms with van der Waals surface area (Å²) >= 11 is 0. The SMILES string of the molecule is C=C1CC[C@H](N2Cc3cc(-c4ccc5[nH]c(CCCOc6ccc([C@H]7c8ccc(O)cc8CC[C@H]7c7ccccc7)cc6)cc5c4)ccc3C2=O)C(=O)N1. The molecule has 1 fully saturated rings. The van der Waals surface area contributed by atoms with Crippen molar-refractivity contribution in [1.29, 1.82) is 0 Å². The summed E-state index contributed by atoms with van der Waals surface area (Å²) in [7, 11) is 0. The number of aryl methyl sites for hydroxylation is 2. The first-order valence-corrected chi connectivity index (χ1v) is 19.0. The molecule has 6 aromatic rings. The lowest BCUT2D eigenvalue weighted by Crippen LogP contribution is -2.49. The Morgan fingerprint density at radius 2 is 1.61 bits per heavy atom. The first-order valence-electron chi connectivity index (χ1n) is 19.0. The molecule has 0 saturated carbocycles. The Labute approximate surface area is 315 Å². The van der Waals surface area contributed by atoms with E-state index in [4.69, 9.17) is 4.74 Å². The van der Waals surface area contributed by atoms with Crippen molar-refractivity contribution in [3.63, 3.8) is 0 Å². The standard InChI is InChI=1S/C47H43N3O4/c1-29-9-22-44(46(52)48-29)50-28-36-25-32(12-19-42(36)47(50)53)33-14-21-43-35(24-33)26-37(49-43)8-5-23-54-39-16-10-31(11-17-39)45-40(30-6-3-2-4-7-30)18-13-34-27-38(51)15-20-41(34)45/h2-4,6-7,10-12,14-17,19-21,24-27,40,44-45,49,51H,1,5,8-9,13,18,22-23,28H2,(H,48,52)/t40-,44-,45+/m0/s1. The number of aromatic nitrogens is 1. The van der Waals surface area contributed by atoms with Gasteiger partial charge in [-0.05, 0) is 138 Å². The zero-order chi connectivity index (χ0) is 36.8. The maximum absolute atomic E-state index is 13.2. The van der Waals surface area contributed by atoms with E-state index in [1.54, 1.807) is 4.90 Å². The van der Waals surface area contributed by atoms with Crippen LogP contribution in [0.2, 0.25) is 0 Å². The number of allylic oxidation sites excluding steroid dienone is 1. The van der Waals surface area contributed by atoms with E-state index in [1.807, 2.05) is 24.3 Å². The van der Waals surface area contributed by atoms with Crippen LogP contribution < -0.4 is 10.1 Å². The van der Waals surface area contributed by atoms with Crippen LogP contribution in [0.25, 0.3) is 22.0 Å². The fraction of sp³-hybridized carbons (Fsp3) is 0.234. The van der Waals surface area contributed by atoms with E-state index in [0.29, 0.717) is 48.9 Å². The van der Waals surface area contributed by atoms with Crippen molar-refractivity contribution in [2.24, 2.45) is 0 Å². The molecule has 270 valence electrons. The summed E-state index contributed by atoms with van der Waals surface area (Å²) in [5.41, 5.74) is 11.9. The maximum atomic E-state index is 13.2. The lowest BCUT2D eigenvalue weighted by atomic mass is 9.69. The molecule has 0 radical (unpaired) electrons. The van der Waals surface area contributed by atoms with Gasteiger partial charge in [0.1, 0.15) is 17.5 Å². The molecule has 2 amide bonds. The Bertz CT molecular complexity index is 2400. The number of hydrogen-bond donors (Lipinski definition) is 3. The van der Waals surface area contributed by atoms with Crippen LogP contribution in [-0.2, 0) is 24.2 Å². The van der Waals surface area contributed by atoms with Gasteiger partial charge < -0.3 is 25.0 Å². The predicted molar refractivity (Wildman–Crippen MR) is 212 cm³/mol. The van der Waals surface area contributed by atoms with E-state index in [1.165, 1.54) is 27.9 Å². The van der Waals surface area contributed by atoms with Crippen LogP contribution in [-0.4, -0.2) is 39.5 Å². The van der Waals surface area contributed by atoms with Gasteiger partial charge in [-0.1, -0.05) is 67.2 Å². The van der Waals surface area contributed by atoms with E-state index >= 15 is 0 Å². The van der Waals surface area contributed by atoms with Crippen LogP contribution in [0.15, 0.2) is 128 Å². The number of aromatic amines is 1. The van der Waals surface area contributed by atoms with Crippen LogP contribution in [0.1, 0.15) is 81.4 Å². The molecule has 0 spiro atoms. The molecular weight excluding hydrogens is 671 g/mol. The number of fused-ring (bicyclic) bond motifs is 3. The first-order chi connectivity index (χ1) is 26.4. The highest BCUT2D eigenvalue weighted by molar-refractivity contribution is 6.02. The zero-order valence-electron chi connectivity index (χ0n) is 30.2. The summed E-state index contributed by atoms with van der Waals surface area (Å²) < 4.78 is 6.22. The highest BCUT2D eigenvalue weighted by Crippen LogP contribution is 2.47. The number of amides is 2. The number of ether oxygens (including phenoxy) is 1. The average molecular weight is 714 g/mol. The summed E-state index contributed by atoms with van der Waals surface area (Å²) in [6.45, 7) is 4.91. The number of nitrogens with one attached hydrogen (secondary N) is 2. The van der Waals surface area contributed by atoms with Crippen LogP contribution in [0.5, 0.6) is 11.5 Å². The molecule has 3 aliphatic rings. The van der Waals surface area contributed by atoms with E-state index in [-0.39, 0.29) is 17.7 Å². The fourth-order valence-corrected chi connectivity index (χ4v) is 8.84. The largest absolute Gasteiger partial charge is 0.508 e. The summed E-state index contributed by atoms with van der Waals surface area (Å²) in [6.07, 6.45) is 5.01. The van der Waals surface area contributed by atoms with Gasteiger partial charge in [0.15, 0.2) is 0 Å². The lowest BCUT2D eigenvalue weighted by Gasteiger charge is -2.34. The van der Waals surface area contributed by atoms with E-state index < -0.39 is 6.04 Å². The number of H-pyrrole nitrogens is 1. The number of benzene rings is 5. The molecule has 1 aromatic heterocycles. The molecule has 9 rings (SSSR count). The van der Waals surface area contributed by atoms with Crippen LogP contribution in [0.4, 0.5) is 0 Å². The molecule has 0 unspecified atom stereocenters. The molecule has 1 saturated heterocycles. The summed E-state index contributed by atoms with van der Waals surface area (Å²) in [5, 5.41) is 14.1. The van der Waals surface area contributed by atoms with Gasteiger partial charge in [0, 0.05) is 40.3 Å². The van der Waals surface area contributed by atoms with Crippen molar-refractivity contribution in [3.05, 3.63) is 167 Å².